The van der Waals surface area contributed by atoms with E-state index in [1.807, 2.05) is 6.92 Å². The van der Waals surface area contributed by atoms with E-state index in [2.05, 4.69) is 0 Å². The van der Waals surface area contributed by atoms with Crippen LogP contribution in [0.25, 0.3) is 0 Å². The molecule has 0 N–H and O–H groups in total. The standard InChI is InChI=1S/C8H8BF/c1-5-3-6(2)8(10)7(9)4-5/h3-4H,1-2H3. The summed E-state index contributed by atoms with van der Waals surface area (Å²) in [5.74, 6) is -0.300. The van der Waals surface area contributed by atoms with Crippen LogP contribution >= 0.6 is 0 Å². The van der Waals surface area contributed by atoms with Gasteiger partial charge in [0, 0.05) is 0 Å². The summed E-state index contributed by atoms with van der Waals surface area (Å²) in [5.41, 5.74) is 1.84. The van der Waals surface area contributed by atoms with Gasteiger partial charge in [0.2, 0.25) is 0 Å². The molecule has 0 aliphatic heterocycles. The highest BCUT2D eigenvalue weighted by Crippen LogP contribution is 2.04. The highest BCUT2D eigenvalue weighted by molar-refractivity contribution is 6.32. The predicted octanol–water partition coefficient (Wildman–Crippen LogP) is 1.24. The van der Waals surface area contributed by atoms with E-state index in [-0.39, 0.29) is 11.3 Å². The Labute approximate surface area is 61.5 Å². The largest absolute Gasteiger partial charge is 0.207 e. The van der Waals surface area contributed by atoms with E-state index in [4.69, 9.17) is 7.85 Å². The molecule has 1 aromatic rings. The first-order valence-corrected chi connectivity index (χ1v) is 3.13. The third-order valence-corrected chi connectivity index (χ3v) is 1.43. The molecule has 0 saturated carbocycles. The van der Waals surface area contributed by atoms with Crippen LogP contribution in [0.5, 0.6) is 0 Å². The zero-order valence-corrected chi connectivity index (χ0v) is 6.11. The number of rotatable bonds is 0. The van der Waals surface area contributed by atoms with Gasteiger partial charge in [-0.05, 0) is 19.4 Å². The molecule has 1 aromatic carbocycles. The minimum atomic E-state index is -0.300. The maximum atomic E-state index is 12.8. The zero-order valence-electron chi connectivity index (χ0n) is 6.11. The second-order valence-corrected chi connectivity index (χ2v) is 2.49. The molecule has 0 aromatic heterocycles. The van der Waals surface area contributed by atoms with Gasteiger partial charge >= 0.3 is 0 Å². The Morgan fingerprint density at radius 2 is 1.90 bits per heavy atom. The van der Waals surface area contributed by atoms with Gasteiger partial charge in [-0.1, -0.05) is 23.2 Å². The first kappa shape index (κ1) is 7.32. The van der Waals surface area contributed by atoms with E-state index < -0.39 is 0 Å². The molecule has 0 heterocycles. The van der Waals surface area contributed by atoms with Crippen molar-refractivity contribution in [2.24, 2.45) is 0 Å². The summed E-state index contributed by atoms with van der Waals surface area (Å²) in [6.07, 6.45) is 0. The maximum Gasteiger partial charge on any atom is 0.119 e. The van der Waals surface area contributed by atoms with Crippen LogP contribution in [-0.2, 0) is 0 Å². The van der Waals surface area contributed by atoms with Crippen molar-refractivity contribution >= 4 is 13.3 Å². The van der Waals surface area contributed by atoms with Crippen LogP contribution < -0.4 is 5.46 Å². The molecule has 0 fully saturated rings. The van der Waals surface area contributed by atoms with Gasteiger partial charge in [0.25, 0.3) is 0 Å². The average molecular weight is 134 g/mol. The molecule has 0 aliphatic carbocycles. The molecule has 0 spiro atoms. The van der Waals surface area contributed by atoms with Crippen LogP contribution in [0.1, 0.15) is 11.1 Å². The zero-order chi connectivity index (χ0) is 7.72. The van der Waals surface area contributed by atoms with E-state index in [1.54, 1.807) is 19.1 Å². The molecule has 0 nitrogen and oxygen atoms in total. The number of hydrogen-bond donors (Lipinski definition) is 0. The topological polar surface area (TPSA) is 0 Å². The van der Waals surface area contributed by atoms with E-state index in [1.165, 1.54) is 0 Å². The van der Waals surface area contributed by atoms with Crippen molar-refractivity contribution in [1.29, 1.82) is 0 Å². The van der Waals surface area contributed by atoms with Gasteiger partial charge in [0.15, 0.2) is 0 Å². The highest BCUT2D eigenvalue weighted by atomic mass is 19.1. The molecule has 2 heteroatoms. The van der Waals surface area contributed by atoms with Gasteiger partial charge in [-0.25, -0.2) is 4.39 Å². The van der Waals surface area contributed by atoms with Crippen LogP contribution in [0, 0.1) is 19.7 Å². The maximum absolute atomic E-state index is 12.8. The van der Waals surface area contributed by atoms with Gasteiger partial charge in [-0.15, -0.1) is 0 Å². The summed E-state index contributed by atoms with van der Waals surface area (Å²) in [5, 5.41) is 0. The molecule has 0 bridgehead atoms. The summed E-state index contributed by atoms with van der Waals surface area (Å²) < 4.78 is 12.8. The van der Waals surface area contributed by atoms with Crippen LogP contribution in [-0.4, -0.2) is 7.85 Å². The Morgan fingerprint density at radius 1 is 1.30 bits per heavy atom. The first-order valence-electron chi connectivity index (χ1n) is 3.13. The molecule has 2 radical (unpaired) electrons. The fraction of sp³-hybridized carbons (Fsp3) is 0.250. The molecule has 1 rings (SSSR count). The van der Waals surface area contributed by atoms with Crippen LogP contribution in [0.3, 0.4) is 0 Å². The lowest BCUT2D eigenvalue weighted by Crippen LogP contribution is -2.10. The SMILES string of the molecule is [B]c1cc(C)cc(C)c1F. The van der Waals surface area contributed by atoms with Crippen molar-refractivity contribution in [2.75, 3.05) is 0 Å². The van der Waals surface area contributed by atoms with Crippen LogP contribution in [0.15, 0.2) is 12.1 Å². The van der Waals surface area contributed by atoms with Crippen LogP contribution in [0.4, 0.5) is 4.39 Å². The summed E-state index contributed by atoms with van der Waals surface area (Å²) in [6.45, 7) is 3.60. The lowest BCUT2D eigenvalue weighted by molar-refractivity contribution is 0.626. The second-order valence-electron chi connectivity index (χ2n) is 2.49. The molecule has 0 saturated heterocycles. The molecule has 50 valence electrons. The van der Waals surface area contributed by atoms with Crippen molar-refractivity contribution in [1.82, 2.24) is 0 Å². The number of hydrogen-bond acceptors (Lipinski definition) is 0. The monoisotopic (exact) mass is 134 g/mol. The summed E-state index contributed by atoms with van der Waals surface area (Å²) >= 11 is 0. The van der Waals surface area contributed by atoms with Crippen molar-refractivity contribution < 1.29 is 4.39 Å². The van der Waals surface area contributed by atoms with E-state index >= 15 is 0 Å². The normalized spacial score (nSPS) is 9.90. The van der Waals surface area contributed by atoms with Gasteiger partial charge in [-0.2, -0.15) is 0 Å². The summed E-state index contributed by atoms with van der Waals surface area (Å²) in [7, 11) is 5.35. The smallest absolute Gasteiger partial charge is 0.119 e. The Morgan fingerprint density at radius 3 is 2.40 bits per heavy atom. The minimum Gasteiger partial charge on any atom is -0.207 e. The number of aryl methyl sites for hydroxylation is 2. The third kappa shape index (κ3) is 1.20. The Balaban J connectivity index is 3.31. The molecule has 0 aliphatic rings. The molecule has 0 unspecified atom stereocenters. The quantitative estimate of drug-likeness (QED) is 0.468. The predicted molar refractivity (Wildman–Crippen MR) is 41.3 cm³/mol. The fourth-order valence-electron chi connectivity index (χ4n) is 0.983. The fourth-order valence-corrected chi connectivity index (χ4v) is 0.983. The highest BCUT2D eigenvalue weighted by Gasteiger charge is 1.99. The van der Waals surface area contributed by atoms with Crippen molar-refractivity contribution in [3.63, 3.8) is 0 Å². The average Bonchev–Trinajstić information content (AvgIpc) is 1.82. The molecular formula is C8H8BF. The molecule has 0 atom stereocenters. The van der Waals surface area contributed by atoms with E-state index in [0.717, 1.165) is 5.56 Å². The number of benzene rings is 1. The molecular weight excluding hydrogens is 126 g/mol. The van der Waals surface area contributed by atoms with Crippen molar-refractivity contribution in [2.45, 2.75) is 13.8 Å². The minimum absolute atomic E-state index is 0.234. The Kier molecular flexibility index (Phi) is 1.79. The number of halogens is 1. The van der Waals surface area contributed by atoms with Gasteiger partial charge < -0.3 is 0 Å². The van der Waals surface area contributed by atoms with Gasteiger partial charge in [0.1, 0.15) is 13.7 Å². The van der Waals surface area contributed by atoms with Crippen LogP contribution in [0.2, 0.25) is 0 Å². The first-order chi connectivity index (χ1) is 4.61. The molecule has 0 amide bonds. The molecule has 10 heavy (non-hydrogen) atoms. The summed E-state index contributed by atoms with van der Waals surface area (Å²) in [6, 6.07) is 3.40. The summed E-state index contributed by atoms with van der Waals surface area (Å²) in [4.78, 5) is 0. The Bertz CT molecular complexity index is 232. The van der Waals surface area contributed by atoms with Crippen molar-refractivity contribution in [3.8, 4) is 0 Å². The van der Waals surface area contributed by atoms with Gasteiger partial charge in [0.05, 0.1) is 0 Å². The lowest BCUT2D eigenvalue weighted by Gasteiger charge is -2.01. The van der Waals surface area contributed by atoms with E-state index in [9.17, 15) is 4.39 Å². The van der Waals surface area contributed by atoms with E-state index in [0.29, 0.717) is 5.56 Å². The van der Waals surface area contributed by atoms with Gasteiger partial charge in [-0.3, -0.25) is 0 Å². The Hall–Kier alpha value is -0.785. The second kappa shape index (κ2) is 2.45. The lowest BCUT2D eigenvalue weighted by atomic mass is 9.92. The third-order valence-electron chi connectivity index (χ3n) is 1.43. The van der Waals surface area contributed by atoms with Crippen molar-refractivity contribution in [3.05, 3.63) is 29.1 Å².